The summed E-state index contributed by atoms with van der Waals surface area (Å²) in [4.78, 5) is 27.1. The van der Waals surface area contributed by atoms with Gasteiger partial charge in [-0.25, -0.2) is 0 Å². The lowest BCUT2D eigenvalue weighted by atomic mass is 10.0. The van der Waals surface area contributed by atoms with Crippen LogP contribution in [0.25, 0.3) is 0 Å². The summed E-state index contributed by atoms with van der Waals surface area (Å²) in [6.45, 7) is 4.19. The number of hydrogen-bond donors (Lipinski definition) is 1. The molecule has 4 nitrogen and oxygen atoms in total. The number of nitrogens with zero attached hydrogens (tertiary/aromatic N) is 1. The number of amides is 2. The van der Waals surface area contributed by atoms with E-state index >= 15 is 0 Å². The van der Waals surface area contributed by atoms with E-state index in [1.54, 1.807) is 18.0 Å². The zero-order chi connectivity index (χ0) is 19.1. The highest BCUT2D eigenvalue weighted by atomic mass is 35.5. The van der Waals surface area contributed by atoms with Gasteiger partial charge < -0.3 is 10.2 Å². The Labute approximate surface area is 160 Å². The summed E-state index contributed by atoms with van der Waals surface area (Å²) in [5.41, 5.74) is 2.86. The van der Waals surface area contributed by atoms with Gasteiger partial charge in [0.05, 0.1) is 6.42 Å². The molecule has 1 atom stereocenters. The van der Waals surface area contributed by atoms with Crippen molar-refractivity contribution in [1.29, 1.82) is 0 Å². The Morgan fingerprint density at radius 1 is 1.08 bits per heavy atom. The summed E-state index contributed by atoms with van der Waals surface area (Å²) in [7, 11) is 1.59. The van der Waals surface area contributed by atoms with Crippen LogP contribution in [-0.2, 0) is 22.6 Å². The summed E-state index contributed by atoms with van der Waals surface area (Å²) in [6, 6.07) is 14.7. The molecule has 0 aliphatic carbocycles. The number of aryl methyl sites for hydroxylation is 1. The predicted octanol–water partition coefficient (Wildman–Crippen LogP) is 3.74. The molecule has 0 saturated heterocycles. The first-order chi connectivity index (χ1) is 12.5. The average Bonchev–Trinajstić information content (AvgIpc) is 2.64. The van der Waals surface area contributed by atoms with Crippen molar-refractivity contribution in [3.05, 3.63) is 70.2 Å². The Morgan fingerprint density at radius 3 is 2.27 bits per heavy atom. The summed E-state index contributed by atoms with van der Waals surface area (Å²) >= 11 is 6.28. The molecule has 2 rings (SSSR count). The summed E-state index contributed by atoms with van der Waals surface area (Å²) in [5.74, 6) is -0.257. The Hall–Kier alpha value is -2.33. The van der Waals surface area contributed by atoms with Crippen molar-refractivity contribution in [2.24, 2.45) is 0 Å². The Kier molecular flexibility index (Phi) is 7.22. The molecule has 2 amide bonds. The van der Waals surface area contributed by atoms with Gasteiger partial charge in [0.2, 0.25) is 11.8 Å². The molecule has 0 aliphatic heterocycles. The molecule has 0 heterocycles. The number of likely N-dealkylation sites (N-methyl/N-ethyl adjacent to an activating group) is 1. The molecule has 0 spiro atoms. The third-order valence-electron chi connectivity index (χ3n) is 4.53. The van der Waals surface area contributed by atoms with E-state index < -0.39 is 6.04 Å². The molecule has 138 valence electrons. The first kappa shape index (κ1) is 20.0. The van der Waals surface area contributed by atoms with Crippen molar-refractivity contribution in [2.45, 2.75) is 39.3 Å². The smallest absolute Gasteiger partial charge is 0.242 e. The van der Waals surface area contributed by atoms with Crippen molar-refractivity contribution < 1.29 is 9.59 Å². The minimum atomic E-state index is -0.534. The van der Waals surface area contributed by atoms with Gasteiger partial charge in [0, 0.05) is 18.6 Å². The molecule has 0 aromatic heterocycles. The van der Waals surface area contributed by atoms with E-state index in [2.05, 4.69) is 5.32 Å². The maximum absolute atomic E-state index is 13.1. The van der Waals surface area contributed by atoms with Crippen LogP contribution in [0.5, 0.6) is 0 Å². The fraction of sp³-hybridized carbons (Fsp3) is 0.333. The lowest BCUT2D eigenvalue weighted by Crippen LogP contribution is -2.48. The third-order valence-corrected chi connectivity index (χ3v) is 4.90. The highest BCUT2D eigenvalue weighted by Crippen LogP contribution is 2.21. The van der Waals surface area contributed by atoms with Gasteiger partial charge in [0.15, 0.2) is 0 Å². The maximum atomic E-state index is 13.1. The van der Waals surface area contributed by atoms with E-state index in [1.807, 2.05) is 56.3 Å². The van der Waals surface area contributed by atoms with Crippen molar-refractivity contribution in [2.75, 3.05) is 7.05 Å². The first-order valence-corrected chi connectivity index (χ1v) is 9.14. The molecule has 0 unspecified atom stereocenters. The monoisotopic (exact) mass is 372 g/mol. The number of hydrogen-bond acceptors (Lipinski definition) is 2. The van der Waals surface area contributed by atoms with E-state index in [1.165, 1.54) is 0 Å². The number of benzene rings is 2. The van der Waals surface area contributed by atoms with E-state index in [0.717, 1.165) is 16.7 Å². The quantitative estimate of drug-likeness (QED) is 0.804. The van der Waals surface area contributed by atoms with Gasteiger partial charge in [-0.1, -0.05) is 61.0 Å². The SMILES string of the molecule is CC[C@@H](C(=O)NC)N(Cc1ccccc1Cl)C(=O)Cc1ccccc1C. The lowest BCUT2D eigenvalue weighted by Gasteiger charge is -2.30. The molecular weight excluding hydrogens is 348 g/mol. The van der Waals surface area contributed by atoms with Crippen LogP contribution in [0.15, 0.2) is 48.5 Å². The normalized spacial score (nSPS) is 11.7. The van der Waals surface area contributed by atoms with Gasteiger partial charge in [-0.15, -0.1) is 0 Å². The molecule has 1 N–H and O–H groups in total. The van der Waals surface area contributed by atoms with E-state index in [0.29, 0.717) is 18.0 Å². The minimum absolute atomic E-state index is 0.0883. The molecule has 0 saturated carbocycles. The largest absolute Gasteiger partial charge is 0.357 e. The van der Waals surface area contributed by atoms with E-state index in [-0.39, 0.29) is 18.2 Å². The molecule has 2 aromatic carbocycles. The van der Waals surface area contributed by atoms with E-state index in [9.17, 15) is 9.59 Å². The van der Waals surface area contributed by atoms with E-state index in [4.69, 9.17) is 11.6 Å². The predicted molar refractivity (Wildman–Crippen MR) is 105 cm³/mol. The fourth-order valence-corrected chi connectivity index (χ4v) is 3.16. The minimum Gasteiger partial charge on any atom is -0.357 e. The van der Waals surface area contributed by atoms with Crippen LogP contribution in [0.1, 0.15) is 30.0 Å². The topological polar surface area (TPSA) is 49.4 Å². The molecule has 0 radical (unpaired) electrons. The van der Waals surface area contributed by atoms with Gasteiger partial charge in [-0.3, -0.25) is 9.59 Å². The van der Waals surface area contributed by atoms with Crippen LogP contribution in [0.2, 0.25) is 5.02 Å². The second kappa shape index (κ2) is 9.39. The van der Waals surface area contributed by atoms with Gasteiger partial charge in [0.25, 0.3) is 0 Å². The van der Waals surface area contributed by atoms with Crippen LogP contribution >= 0.6 is 11.6 Å². The Bertz CT molecular complexity index is 776. The molecule has 26 heavy (non-hydrogen) atoms. The van der Waals surface area contributed by atoms with Gasteiger partial charge in [-0.2, -0.15) is 0 Å². The van der Waals surface area contributed by atoms with Crippen LogP contribution in [-0.4, -0.2) is 29.8 Å². The summed E-state index contributed by atoms with van der Waals surface area (Å²) in [5, 5.41) is 3.25. The molecule has 0 bridgehead atoms. The van der Waals surface area contributed by atoms with Crippen LogP contribution < -0.4 is 5.32 Å². The van der Waals surface area contributed by atoms with Crippen LogP contribution in [0.3, 0.4) is 0 Å². The highest BCUT2D eigenvalue weighted by Gasteiger charge is 2.28. The molecule has 0 aliphatic rings. The van der Waals surface area contributed by atoms with Crippen molar-refractivity contribution in [1.82, 2.24) is 10.2 Å². The maximum Gasteiger partial charge on any atom is 0.242 e. The van der Waals surface area contributed by atoms with Gasteiger partial charge >= 0.3 is 0 Å². The standard InChI is InChI=1S/C21H25ClN2O2/c1-4-19(21(26)23-3)24(14-17-11-7-8-12-18(17)22)20(25)13-16-10-6-5-9-15(16)2/h5-12,19H,4,13-14H2,1-3H3,(H,23,26)/t19-/m0/s1. The number of nitrogens with one attached hydrogen (secondary N) is 1. The second-order valence-electron chi connectivity index (χ2n) is 6.25. The Morgan fingerprint density at radius 2 is 1.69 bits per heavy atom. The van der Waals surface area contributed by atoms with Crippen LogP contribution in [0, 0.1) is 6.92 Å². The zero-order valence-corrected chi connectivity index (χ0v) is 16.2. The number of carbonyl (C=O) groups excluding carboxylic acids is 2. The average molecular weight is 373 g/mol. The van der Waals surface area contributed by atoms with Crippen LogP contribution in [0.4, 0.5) is 0 Å². The molecule has 2 aromatic rings. The third kappa shape index (κ3) is 4.85. The molecule has 5 heteroatoms. The molecular formula is C21H25ClN2O2. The Balaban J connectivity index is 2.32. The first-order valence-electron chi connectivity index (χ1n) is 8.76. The van der Waals surface area contributed by atoms with Gasteiger partial charge in [0.1, 0.15) is 6.04 Å². The highest BCUT2D eigenvalue weighted by molar-refractivity contribution is 6.31. The summed E-state index contributed by atoms with van der Waals surface area (Å²) in [6.07, 6.45) is 0.786. The molecule has 0 fully saturated rings. The van der Waals surface area contributed by atoms with Crippen molar-refractivity contribution >= 4 is 23.4 Å². The number of halogens is 1. The fourth-order valence-electron chi connectivity index (χ4n) is 2.97. The van der Waals surface area contributed by atoms with Gasteiger partial charge in [-0.05, 0) is 36.1 Å². The lowest BCUT2D eigenvalue weighted by molar-refractivity contribution is -0.140. The zero-order valence-electron chi connectivity index (χ0n) is 15.5. The number of carbonyl (C=O) groups is 2. The number of rotatable bonds is 7. The van der Waals surface area contributed by atoms with Crippen molar-refractivity contribution in [3.8, 4) is 0 Å². The second-order valence-corrected chi connectivity index (χ2v) is 6.66. The van der Waals surface area contributed by atoms with Crippen molar-refractivity contribution in [3.63, 3.8) is 0 Å². The summed E-state index contributed by atoms with van der Waals surface area (Å²) < 4.78 is 0.